The number of primary amides is 2. The number of hydrogen-bond acceptors (Lipinski definition) is 3. The summed E-state index contributed by atoms with van der Waals surface area (Å²) in [6, 6.07) is 4.42. The van der Waals surface area contributed by atoms with E-state index in [1.165, 1.54) is 4.90 Å². The van der Waals surface area contributed by atoms with Gasteiger partial charge in [-0.1, -0.05) is 6.07 Å². The Labute approximate surface area is 98.1 Å². The Bertz CT molecular complexity index is 473. The van der Waals surface area contributed by atoms with Crippen LogP contribution in [-0.2, 0) is 6.54 Å². The predicted octanol–water partition coefficient (Wildman–Crippen LogP) is 0.0586. The molecule has 1 aliphatic heterocycles. The van der Waals surface area contributed by atoms with Crippen LogP contribution in [0.2, 0.25) is 0 Å². The van der Waals surface area contributed by atoms with E-state index in [1.54, 1.807) is 18.2 Å². The fourth-order valence-electron chi connectivity index (χ4n) is 1.71. The van der Waals surface area contributed by atoms with Gasteiger partial charge in [-0.3, -0.25) is 4.79 Å². The third kappa shape index (κ3) is 2.30. The van der Waals surface area contributed by atoms with Gasteiger partial charge in [0.25, 0.3) is 0 Å². The minimum atomic E-state index is -0.507. The number of urea groups is 1. The van der Waals surface area contributed by atoms with E-state index >= 15 is 0 Å². The third-order valence-electron chi connectivity index (χ3n) is 2.64. The van der Waals surface area contributed by atoms with E-state index in [0.717, 1.165) is 5.56 Å². The zero-order valence-electron chi connectivity index (χ0n) is 9.18. The van der Waals surface area contributed by atoms with Gasteiger partial charge in [0.15, 0.2) is 0 Å². The summed E-state index contributed by atoms with van der Waals surface area (Å²) in [6.07, 6.45) is 0. The lowest BCUT2D eigenvalue weighted by Gasteiger charge is -2.16. The van der Waals surface area contributed by atoms with Crippen molar-refractivity contribution in [1.29, 1.82) is 0 Å². The highest BCUT2D eigenvalue weighted by Crippen LogP contribution is 2.24. The van der Waals surface area contributed by atoms with Crippen molar-refractivity contribution in [2.75, 3.05) is 13.2 Å². The monoisotopic (exact) mass is 235 g/mol. The van der Waals surface area contributed by atoms with Gasteiger partial charge in [-0.15, -0.1) is 0 Å². The topological polar surface area (TPSA) is 98.7 Å². The molecule has 3 amide bonds. The molecule has 0 saturated carbocycles. The zero-order valence-corrected chi connectivity index (χ0v) is 9.18. The van der Waals surface area contributed by atoms with Crippen LogP contribution in [0.4, 0.5) is 4.79 Å². The Kier molecular flexibility index (Phi) is 2.86. The van der Waals surface area contributed by atoms with Crippen molar-refractivity contribution in [1.82, 2.24) is 4.90 Å². The summed E-state index contributed by atoms with van der Waals surface area (Å²) in [4.78, 5) is 23.6. The van der Waals surface area contributed by atoms with Crippen LogP contribution in [0.1, 0.15) is 15.9 Å². The van der Waals surface area contributed by atoms with Crippen LogP contribution in [-0.4, -0.2) is 30.0 Å². The second-order valence-electron chi connectivity index (χ2n) is 3.80. The molecule has 1 aromatic carbocycles. The normalized spacial score (nSPS) is 14.5. The van der Waals surface area contributed by atoms with Crippen molar-refractivity contribution >= 4 is 11.9 Å². The summed E-state index contributed by atoms with van der Waals surface area (Å²) in [5.74, 6) is 0.0671. The third-order valence-corrected chi connectivity index (χ3v) is 2.64. The molecule has 0 atom stereocenters. The summed E-state index contributed by atoms with van der Waals surface area (Å²) in [5, 5.41) is 0. The molecule has 4 N–H and O–H groups in total. The molecule has 1 aliphatic rings. The van der Waals surface area contributed by atoms with E-state index in [-0.39, 0.29) is 0 Å². The lowest BCUT2D eigenvalue weighted by Crippen LogP contribution is -2.36. The molecule has 0 radical (unpaired) electrons. The molecule has 90 valence electrons. The molecule has 1 aromatic rings. The predicted molar refractivity (Wildman–Crippen MR) is 60.4 cm³/mol. The summed E-state index contributed by atoms with van der Waals surface area (Å²) >= 11 is 0. The molecule has 2 rings (SSSR count). The van der Waals surface area contributed by atoms with Crippen LogP contribution in [0.15, 0.2) is 18.2 Å². The van der Waals surface area contributed by atoms with Crippen LogP contribution >= 0.6 is 0 Å². The fourth-order valence-corrected chi connectivity index (χ4v) is 1.71. The van der Waals surface area contributed by atoms with E-state index in [4.69, 9.17) is 16.2 Å². The first-order chi connectivity index (χ1) is 8.08. The number of nitrogens with zero attached hydrogens (tertiary/aromatic N) is 1. The minimum Gasteiger partial charge on any atom is -0.491 e. The van der Waals surface area contributed by atoms with Gasteiger partial charge in [-0.05, 0) is 12.1 Å². The van der Waals surface area contributed by atoms with Gasteiger partial charge in [0, 0.05) is 11.1 Å². The number of carbonyl (C=O) groups is 2. The van der Waals surface area contributed by atoms with E-state index in [1.807, 2.05) is 0 Å². The van der Waals surface area contributed by atoms with Crippen molar-refractivity contribution in [2.24, 2.45) is 11.5 Å². The van der Waals surface area contributed by atoms with Crippen molar-refractivity contribution in [3.05, 3.63) is 29.3 Å². The largest absolute Gasteiger partial charge is 0.491 e. The first-order valence-electron chi connectivity index (χ1n) is 5.18. The van der Waals surface area contributed by atoms with E-state index < -0.39 is 11.9 Å². The molecule has 0 aromatic heterocycles. The average Bonchev–Trinajstić information content (AvgIpc) is 2.49. The summed E-state index contributed by atoms with van der Waals surface area (Å²) in [7, 11) is 0. The van der Waals surface area contributed by atoms with Crippen molar-refractivity contribution < 1.29 is 14.3 Å². The van der Waals surface area contributed by atoms with Gasteiger partial charge in [0.05, 0.1) is 13.1 Å². The maximum atomic E-state index is 11.1. The number of benzene rings is 1. The molecule has 0 aliphatic carbocycles. The highest BCUT2D eigenvalue weighted by Gasteiger charge is 2.18. The molecule has 0 fully saturated rings. The first-order valence-corrected chi connectivity index (χ1v) is 5.18. The molecule has 17 heavy (non-hydrogen) atoms. The number of fused-ring (bicyclic) bond motifs is 1. The van der Waals surface area contributed by atoms with Gasteiger partial charge in [-0.2, -0.15) is 0 Å². The van der Waals surface area contributed by atoms with E-state index in [2.05, 4.69) is 0 Å². The van der Waals surface area contributed by atoms with Crippen molar-refractivity contribution in [3.8, 4) is 5.75 Å². The Hall–Kier alpha value is -2.24. The molecule has 0 saturated heterocycles. The van der Waals surface area contributed by atoms with E-state index in [0.29, 0.717) is 31.0 Å². The molecular weight excluding hydrogens is 222 g/mol. The second kappa shape index (κ2) is 4.32. The van der Waals surface area contributed by atoms with Crippen LogP contribution in [0, 0.1) is 0 Å². The van der Waals surface area contributed by atoms with Gasteiger partial charge in [0.2, 0.25) is 5.91 Å². The first kappa shape index (κ1) is 11.3. The minimum absolute atomic E-state index is 0.345. The molecule has 0 bridgehead atoms. The number of rotatable bonds is 1. The van der Waals surface area contributed by atoms with E-state index in [9.17, 15) is 9.59 Å². The molecule has 0 spiro atoms. The molecular formula is C11H13N3O3. The highest BCUT2D eigenvalue weighted by molar-refractivity contribution is 5.93. The number of nitrogens with two attached hydrogens (primary N) is 2. The average molecular weight is 235 g/mol. The number of carbonyl (C=O) groups excluding carboxylic acids is 2. The smallest absolute Gasteiger partial charge is 0.315 e. The summed E-state index contributed by atoms with van der Waals surface area (Å²) in [5.41, 5.74) is 11.6. The Morgan fingerprint density at radius 1 is 1.29 bits per heavy atom. The standard InChI is InChI=1S/C11H13N3O3/c12-10(15)7-1-2-8-6-14(11(13)16)3-4-17-9(8)5-7/h1-2,5H,3-4,6H2,(H2,12,15)(H2,13,16). The quantitative estimate of drug-likeness (QED) is 0.719. The lowest BCUT2D eigenvalue weighted by molar-refractivity contribution is 0.1000. The number of hydrogen-bond donors (Lipinski definition) is 2. The lowest BCUT2D eigenvalue weighted by atomic mass is 10.1. The summed E-state index contributed by atoms with van der Waals surface area (Å²) in [6.45, 7) is 1.15. The molecule has 6 nitrogen and oxygen atoms in total. The van der Waals surface area contributed by atoms with Crippen LogP contribution in [0.3, 0.4) is 0 Å². The van der Waals surface area contributed by atoms with Gasteiger partial charge < -0.3 is 21.1 Å². The van der Waals surface area contributed by atoms with Crippen LogP contribution < -0.4 is 16.2 Å². The molecule has 0 unspecified atom stereocenters. The fraction of sp³-hybridized carbons (Fsp3) is 0.273. The van der Waals surface area contributed by atoms with Crippen molar-refractivity contribution in [2.45, 2.75) is 6.54 Å². The maximum Gasteiger partial charge on any atom is 0.315 e. The Morgan fingerprint density at radius 3 is 2.71 bits per heavy atom. The SMILES string of the molecule is NC(=O)c1ccc2c(c1)OCCN(C(N)=O)C2. The highest BCUT2D eigenvalue weighted by atomic mass is 16.5. The second-order valence-corrected chi connectivity index (χ2v) is 3.80. The zero-order chi connectivity index (χ0) is 12.4. The Balaban J connectivity index is 2.32. The number of ether oxygens (including phenoxy) is 1. The van der Waals surface area contributed by atoms with Gasteiger partial charge in [0.1, 0.15) is 12.4 Å². The maximum absolute atomic E-state index is 11.1. The summed E-state index contributed by atoms with van der Waals surface area (Å²) < 4.78 is 5.46. The van der Waals surface area contributed by atoms with Crippen LogP contribution in [0.25, 0.3) is 0 Å². The Morgan fingerprint density at radius 2 is 2.06 bits per heavy atom. The molecule has 1 heterocycles. The van der Waals surface area contributed by atoms with Crippen molar-refractivity contribution in [3.63, 3.8) is 0 Å². The van der Waals surface area contributed by atoms with Crippen LogP contribution in [0.5, 0.6) is 5.75 Å². The van der Waals surface area contributed by atoms with Gasteiger partial charge >= 0.3 is 6.03 Å². The van der Waals surface area contributed by atoms with Gasteiger partial charge in [-0.25, -0.2) is 4.79 Å². The number of amides is 3. The molecule has 6 heteroatoms.